The summed E-state index contributed by atoms with van der Waals surface area (Å²) in [5.74, 6) is 1.16. The largest absolute Gasteiger partial charge is 0.496 e. The van der Waals surface area contributed by atoms with Gasteiger partial charge in [0.1, 0.15) is 11.9 Å². The van der Waals surface area contributed by atoms with Crippen LogP contribution in [0.2, 0.25) is 0 Å². The third kappa shape index (κ3) is 3.96. The van der Waals surface area contributed by atoms with Gasteiger partial charge in [0.05, 0.1) is 18.6 Å². The van der Waals surface area contributed by atoms with E-state index in [-0.39, 0.29) is 11.0 Å². The fraction of sp³-hybridized carbons (Fsp3) is 0.353. The first kappa shape index (κ1) is 18.2. The second-order valence-corrected chi connectivity index (χ2v) is 8.69. The minimum absolute atomic E-state index is 0.206. The van der Waals surface area contributed by atoms with Gasteiger partial charge < -0.3 is 9.47 Å². The summed E-state index contributed by atoms with van der Waals surface area (Å²) < 4.78 is 39.0. The molecule has 1 saturated heterocycles. The fourth-order valence-corrected chi connectivity index (χ4v) is 4.58. The molecule has 1 aromatic heterocycles. The molecule has 1 aliphatic rings. The van der Waals surface area contributed by atoms with E-state index >= 15 is 0 Å². The molecule has 8 heteroatoms. The van der Waals surface area contributed by atoms with E-state index in [2.05, 4.69) is 20.9 Å². The Labute approximate surface area is 156 Å². The van der Waals surface area contributed by atoms with E-state index in [9.17, 15) is 8.42 Å². The van der Waals surface area contributed by atoms with E-state index in [0.29, 0.717) is 31.1 Å². The monoisotopic (exact) mass is 426 g/mol. The Morgan fingerprint density at radius 3 is 2.72 bits per heavy atom. The van der Waals surface area contributed by atoms with Crippen LogP contribution in [0.3, 0.4) is 0 Å². The van der Waals surface area contributed by atoms with Gasteiger partial charge in [-0.1, -0.05) is 0 Å². The maximum Gasteiger partial charge on any atom is 0.243 e. The molecule has 0 spiro atoms. The number of nitrogens with zero attached hydrogens (tertiary/aromatic N) is 2. The number of benzene rings is 1. The first-order chi connectivity index (χ1) is 11.9. The molecule has 0 N–H and O–H groups in total. The van der Waals surface area contributed by atoms with Gasteiger partial charge in [0.15, 0.2) is 0 Å². The minimum Gasteiger partial charge on any atom is -0.496 e. The van der Waals surface area contributed by atoms with Crippen LogP contribution in [0, 0.1) is 6.92 Å². The lowest BCUT2D eigenvalue weighted by Gasteiger charge is -2.18. The van der Waals surface area contributed by atoms with E-state index < -0.39 is 10.0 Å². The molecular formula is C17H19BrN2O4S. The third-order valence-electron chi connectivity index (χ3n) is 4.10. The van der Waals surface area contributed by atoms with E-state index in [1.54, 1.807) is 37.6 Å². The van der Waals surface area contributed by atoms with Crippen LogP contribution in [0.15, 0.2) is 45.9 Å². The first-order valence-corrected chi connectivity index (χ1v) is 10.1. The molecule has 1 aromatic carbocycles. The van der Waals surface area contributed by atoms with Crippen LogP contribution in [0.5, 0.6) is 11.6 Å². The highest BCUT2D eigenvalue weighted by Crippen LogP contribution is 2.27. The molecule has 0 radical (unpaired) electrons. The maximum absolute atomic E-state index is 12.8. The van der Waals surface area contributed by atoms with Gasteiger partial charge in [-0.05, 0) is 59.1 Å². The van der Waals surface area contributed by atoms with Gasteiger partial charge in [0, 0.05) is 23.3 Å². The zero-order valence-electron chi connectivity index (χ0n) is 14.0. The minimum atomic E-state index is -3.55. The number of aromatic nitrogens is 1. The van der Waals surface area contributed by atoms with Crippen LogP contribution in [0.1, 0.15) is 12.0 Å². The zero-order valence-corrected chi connectivity index (χ0v) is 16.4. The summed E-state index contributed by atoms with van der Waals surface area (Å²) in [4.78, 5) is 4.44. The van der Waals surface area contributed by atoms with Crippen molar-refractivity contribution in [2.75, 3.05) is 20.2 Å². The van der Waals surface area contributed by atoms with Gasteiger partial charge >= 0.3 is 0 Å². The van der Waals surface area contributed by atoms with Crippen LogP contribution < -0.4 is 9.47 Å². The summed E-state index contributed by atoms with van der Waals surface area (Å²) in [6, 6.07) is 8.49. The predicted octanol–water partition coefficient (Wildman–Crippen LogP) is 3.00. The van der Waals surface area contributed by atoms with Crippen LogP contribution >= 0.6 is 15.9 Å². The SMILES string of the molecule is COc1ccc(S(=O)(=O)N2CCC(Oc3ccc(Br)cn3)C2)cc1C. The van der Waals surface area contributed by atoms with Gasteiger partial charge in [-0.2, -0.15) is 4.31 Å². The fourth-order valence-electron chi connectivity index (χ4n) is 2.78. The van der Waals surface area contributed by atoms with E-state index in [1.165, 1.54) is 4.31 Å². The van der Waals surface area contributed by atoms with Crippen LogP contribution in [0.4, 0.5) is 0 Å². The molecule has 25 heavy (non-hydrogen) atoms. The number of rotatable bonds is 5. The molecule has 6 nitrogen and oxygen atoms in total. The van der Waals surface area contributed by atoms with Crippen molar-refractivity contribution < 1.29 is 17.9 Å². The molecule has 1 atom stereocenters. The molecule has 0 amide bonds. The van der Waals surface area contributed by atoms with Crippen LogP contribution in [0.25, 0.3) is 0 Å². The number of sulfonamides is 1. The van der Waals surface area contributed by atoms with Crippen LogP contribution in [-0.4, -0.2) is 44.0 Å². The Morgan fingerprint density at radius 2 is 2.08 bits per heavy atom. The Kier molecular flexibility index (Phi) is 5.31. The van der Waals surface area contributed by atoms with Gasteiger partial charge in [-0.25, -0.2) is 13.4 Å². The molecule has 2 heterocycles. The van der Waals surface area contributed by atoms with Crippen molar-refractivity contribution in [1.82, 2.24) is 9.29 Å². The highest BCUT2D eigenvalue weighted by Gasteiger charge is 2.34. The summed E-state index contributed by atoms with van der Waals surface area (Å²) in [7, 11) is -1.98. The maximum atomic E-state index is 12.8. The molecule has 134 valence electrons. The van der Waals surface area contributed by atoms with Crippen molar-refractivity contribution in [2.45, 2.75) is 24.3 Å². The number of pyridine rings is 1. The highest BCUT2D eigenvalue weighted by atomic mass is 79.9. The lowest BCUT2D eigenvalue weighted by molar-refractivity contribution is 0.207. The van der Waals surface area contributed by atoms with Crippen molar-refractivity contribution in [3.8, 4) is 11.6 Å². The molecule has 1 unspecified atom stereocenters. The van der Waals surface area contributed by atoms with E-state index in [0.717, 1.165) is 10.0 Å². The van der Waals surface area contributed by atoms with Crippen molar-refractivity contribution in [2.24, 2.45) is 0 Å². The molecule has 3 rings (SSSR count). The summed E-state index contributed by atoms with van der Waals surface area (Å²) in [6.45, 7) is 2.56. The lowest BCUT2D eigenvalue weighted by atomic mass is 10.2. The molecule has 0 bridgehead atoms. The zero-order chi connectivity index (χ0) is 18.0. The van der Waals surface area contributed by atoms with E-state index in [1.807, 2.05) is 13.0 Å². The number of ether oxygens (including phenoxy) is 2. The number of hydrogen-bond acceptors (Lipinski definition) is 5. The highest BCUT2D eigenvalue weighted by molar-refractivity contribution is 9.10. The molecule has 0 saturated carbocycles. The summed E-state index contributed by atoms with van der Waals surface area (Å²) >= 11 is 3.32. The Morgan fingerprint density at radius 1 is 1.28 bits per heavy atom. The summed E-state index contributed by atoms with van der Waals surface area (Å²) in [5, 5.41) is 0. The molecule has 0 aliphatic carbocycles. The van der Waals surface area contributed by atoms with Crippen molar-refractivity contribution >= 4 is 26.0 Å². The van der Waals surface area contributed by atoms with Gasteiger partial charge in [0.2, 0.25) is 15.9 Å². The quantitative estimate of drug-likeness (QED) is 0.734. The number of halogens is 1. The second kappa shape index (κ2) is 7.31. The smallest absolute Gasteiger partial charge is 0.243 e. The summed E-state index contributed by atoms with van der Waals surface area (Å²) in [6.07, 6.45) is 2.08. The summed E-state index contributed by atoms with van der Waals surface area (Å²) in [5.41, 5.74) is 0.787. The Bertz CT molecular complexity index is 855. The topological polar surface area (TPSA) is 68.7 Å². The van der Waals surface area contributed by atoms with Gasteiger partial charge in [-0.3, -0.25) is 0 Å². The molecular weight excluding hydrogens is 408 g/mol. The Balaban J connectivity index is 1.71. The number of methoxy groups -OCH3 is 1. The lowest BCUT2D eigenvalue weighted by Crippen LogP contribution is -2.31. The molecule has 1 fully saturated rings. The van der Waals surface area contributed by atoms with Gasteiger partial charge in [0.25, 0.3) is 0 Å². The second-order valence-electron chi connectivity index (χ2n) is 5.84. The predicted molar refractivity (Wildman–Crippen MR) is 97.5 cm³/mol. The average Bonchev–Trinajstić information content (AvgIpc) is 3.06. The third-order valence-corrected chi connectivity index (χ3v) is 6.43. The number of aryl methyl sites for hydroxylation is 1. The molecule has 1 aliphatic heterocycles. The van der Waals surface area contributed by atoms with E-state index in [4.69, 9.17) is 9.47 Å². The van der Waals surface area contributed by atoms with Gasteiger partial charge in [-0.15, -0.1) is 0 Å². The first-order valence-electron chi connectivity index (χ1n) is 7.83. The van der Waals surface area contributed by atoms with Crippen molar-refractivity contribution in [1.29, 1.82) is 0 Å². The van der Waals surface area contributed by atoms with Crippen molar-refractivity contribution in [3.05, 3.63) is 46.6 Å². The molecule has 2 aromatic rings. The normalized spacial score (nSPS) is 18.3. The standard InChI is InChI=1S/C17H19BrN2O4S/c1-12-9-15(4-5-16(12)23-2)25(21,22)20-8-7-14(11-20)24-17-6-3-13(18)10-19-17/h3-6,9-10,14H,7-8,11H2,1-2H3. The number of hydrogen-bond donors (Lipinski definition) is 0. The van der Waals surface area contributed by atoms with Crippen LogP contribution in [-0.2, 0) is 10.0 Å². The van der Waals surface area contributed by atoms with Crippen molar-refractivity contribution in [3.63, 3.8) is 0 Å². The average molecular weight is 427 g/mol. The Hall–Kier alpha value is -1.64.